The molecule has 0 aliphatic rings. The van der Waals surface area contributed by atoms with Gasteiger partial charge in [-0.25, -0.2) is 9.59 Å². The van der Waals surface area contributed by atoms with E-state index in [9.17, 15) is 97.4 Å². The predicted molar refractivity (Wildman–Crippen MR) is 126 cm³/mol. The summed E-state index contributed by atoms with van der Waals surface area (Å²) in [5, 5.41) is -12.5. The van der Waals surface area contributed by atoms with Gasteiger partial charge in [-0.1, -0.05) is 0 Å². The van der Waals surface area contributed by atoms with Crippen molar-refractivity contribution in [2.75, 3.05) is 13.2 Å². The monoisotopic (exact) mass is 852 g/mol. The minimum atomic E-state index is -7.47. The summed E-state index contributed by atoms with van der Waals surface area (Å²) >= 11 is 8.78. The van der Waals surface area contributed by atoms with Crippen LogP contribution in [0.5, 0.6) is 5.75 Å². The van der Waals surface area contributed by atoms with Crippen molar-refractivity contribution in [1.82, 2.24) is 0 Å². The molecule has 0 spiro atoms. The van der Waals surface area contributed by atoms with E-state index < -0.39 is 119 Å². The highest BCUT2D eigenvalue weighted by atomic mass is 35.5. The maximum Gasteiger partial charge on any atom is 0.476 e. The van der Waals surface area contributed by atoms with E-state index in [1.807, 2.05) is 0 Å². The molecule has 0 heterocycles. The van der Waals surface area contributed by atoms with Gasteiger partial charge in [0.1, 0.15) is 11.3 Å². The Bertz CT molecular complexity index is 1350. The molecule has 2 unspecified atom stereocenters. The Morgan fingerprint density at radius 1 is 0.558 bits per heavy atom. The normalized spacial score (nSPS) is 16.5. The van der Waals surface area contributed by atoms with Crippen LogP contribution in [0.2, 0.25) is 0 Å². The summed E-state index contributed by atoms with van der Waals surface area (Å²) in [4.78, 5) is 24.9. The summed E-state index contributed by atoms with van der Waals surface area (Å²) in [6.07, 6.45) is -38.6. The number of hydrogen-bond acceptors (Lipinski definition) is 7. The molecule has 0 aromatic heterocycles. The third-order valence-corrected chi connectivity index (χ3v) is 6.22. The number of esters is 2. The molecule has 7 nitrogen and oxygen atoms in total. The number of carbonyl (C=O) groups is 2. The Morgan fingerprint density at radius 2 is 0.923 bits per heavy atom. The molecular weight excluding hydrogens is 839 g/mol. The molecule has 1 aromatic carbocycles. The van der Waals surface area contributed by atoms with Gasteiger partial charge in [0.15, 0.2) is 0 Å². The van der Waals surface area contributed by atoms with Gasteiger partial charge in [0.05, 0.1) is 18.8 Å². The minimum absolute atomic E-state index is 0.388. The second-order valence-electron chi connectivity index (χ2n) is 9.36. The lowest BCUT2D eigenvalue weighted by Gasteiger charge is -2.35. The van der Waals surface area contributed by atoms with Gasteiger partial charge < -0.3 is 14.2 Å². The quantitative estimate of drug-likeness (QED) is 0.0932. The highest BCUT2D eigenvalue weighted by molar-refractivity contribution is 6.22. The number of carbonyl (C=O) groups excluding carboxylic acids is 2. The van der Waals surface area contributed by atoms with E-state index in [2.05, 4.69) is 46.9 Å². The molecule has 52 heavy (non-hydrogen) atoms. The summed E-state index contributed by atoms with van der Waals surface area (Å²) in [7, 11) is 0. The fraction of sp³-hybridized carbons (Fsp3) is 0.652. The predicted octanol–water partition coefficient (Wildman–Crippen LogP) is 9.53. The van der Waals surface area contributed by atoms with Gasteiger partial charge >= 0.3 is 71.0 Å². The Kier molecular flexibility index (Phi) is 13.3. The third-order valence-electron chi connectivity index (χ3n) is 5.57. The first-order valence-corrected chi connectivity index (χ1v) is 13.3. The summed E-state index contributed by atoms with van der Waals surface area (Å²) in [6.45, 7) is 0.0921. The molecule has 0 aliphatic carbocycles. The van der Waals surface area contributed by atoms with E-state index in [1.54, 1.807) is 0 Å². The molecule has 0 fully saturated rings. The molecule has 0 radical (unpaired) electrons. The Morgan fingerprint density at radius 3 is 1.29 bits per heavy atom. The minimum Gasteiger partial charge on any atom is -0.462 e. The van der Waals surface area contributed by atoms with Gasteiger partial charge in [0, 0.05) is 6.42 Å². The summed E-state index contributed by atoms with van der Waals surface area (Å²) in [6, 6.07) is -0.874. The van der Waals surface area contributed by atoms with Gasteiger partial charge in [-0.15, -0.1) is 0 Å². The van der Waals surface area contributed by atoms with Crippen LogP contribution in [0.15, 0.2) is 12.1 Å². The van der Waals surface area contributed by atoms with E-state index in [0.29, 0.717) is 0 Å². The van der Waals surface area contributed by atoms with Crippen LogP contribution in [0.4, 0.5) is 87.8 Å². The van der Waals surface area contributed by atoms with Crippen molar-refractivity contribution >= 4 is 35.1 Å². The number of benzene rings is 1. The SMILES string of the molecule is CCOC(=O)c1cc(OC(F)(F)C(F)(Cl)OC(F)(F)C(F)(F)C(F)(F)F)c(C(=O)OCC)cc1CC(F)(F)C(F)(Cl)OC(F)(F)C(F)(F)C(F)(F)F. The first kappa shape index (κ1) is 47.1. The van der Waals surface area contributed by atoms with Crippen LogP contribution in [-0.4, -0.2) is 84.2 Å². The lowest BCUT2D eigenvalue weighted by atomic mass is 9.97. The van der Waals surface area contributed by atoms with E-state index in [-0.39, 0.29) is 6.07 Å². The topological polar surface area (TPSA) is 80.3 Å². The maximum atomic E-state index is 14.9. The molecule has 1 rings (SSSR count). The Balaban J connectivity index is 3.93. The molecule has 0 saturated heterocycles. The molecule has 0 saturated carbocycles. The van der Waals surface area contributed by atoms with E-state index in [4.69, 9.17) is 0 Å². The zero-order chi connectivity index (χ0) is 41.5. The van der Waals surface area contributed by atoms with Crippen molar-refractivity contribution in [2.45, 2.75) is 79.3 Å². The van der Waals surface area contributed by atoms with Crippen LogP contribution in [0, 0.1) is 0 Å². The summed E-state index contributed by atoms with van der Waals surface area (Å²) in [5.41, 5.74) is -5.48. The molecule has 0 bridgehead atoms. The molecule has 29 heteroatoms. The molecule has 2 atom stereocenters. The molecule has 302 valence electrons. The molecule has 0 amide bonds. The average molecular weight is 853 g/mol. The average Bonchev–Trinajstić information content (AvgIpc) is 2.90. The van der Waals surface area contributed by atoms with Crippen LogP contribution < -0.4 is 4.74 Å². The van der Waals surface area contributed by atoms with Gasteiger partial charge in [-0.3, -0.25) is 9.47 Å². The molecule has 0 aliphatic heterocycles. The second kappa shape index (κ2) is 14.7. The van der Waals surface area contributed by atoms with Crippen molar-refractivity contribution in [3.8, 4) is 5.75 Å². The Labute approximate surface area is 283 Å². The third kappa shape index (κ3) is 9.40. The standard InChI is InChI=1S/C23H14Cl2F20O7/c1-3-48-12(46)9-6-11(50-23(44,45)18(25,33)52-22(42,43)16(30,31)20(37,38)39)10(13(47)49-4-2)5-8(9)7-14(26,27)17(24,32)51-21(40,41)15(28,29)19(34,35)36/h5-6H,3-4,7H2,1-2H3. The van der Waals surface area contributed by atoms with Crippen LogP contribution in [-0.2, 0) is 25.4 Å². The zero-order valence-electron chi connectivity index (χ0n) is 24.4. The van der Waals surface area contributed by atoms with Crippen LogP contribution in [0.3, 0.4) is 0 Å². The van der Waals surface area contributed by atoms with Gasteiger partial charge in [0.25, 0.3) is 0 Å². The second-order valence-corrected chi connectivity index (χ2v) is 10.3. The lowest BCUT2D eigenvalue weighted by molar-refractivity contribution is -0.469. The summed E-state index contributed by atoms with van der Waals surface area (Å²) < 4.78 is 286. The summed E-state index contributed by atoms with van der Waals surface area (Å²) in [5.74, 6) is -27.4. The van der Waals surface area contributed by atoms with E-state index in [1.165, 1.54) is 0 Å². The molecule has 1 aromatic rings. The fourth-order valence-electron chi connectivity index (χ4n) is 3.08. The van der Waals surface area contributed by atoms with Crippen molar-refractivity contribution < 1.29 is 121 Å². The lowest BCUT2D eigenvalue weighted by Crippen LogP contribution is -2.59. The number of hydrogen-bond donors (Lipinski definition) is 0. The number of alkyl halides is 22. The van der Waals surface area contributed by atoms with E-state index in [0.717, 1.165) is 13.8 Å². The van der Waals surface area contributed by atoms with Crippen molar-refractivity contribution in [3.05, 3.63) is 28.8 Å². The first-order valence-electron chi connectivity index (χ1n) is 12.6. The smallest absolute Gasteiger partial charge is 0.462 e. The highest BCUT2D eigenvalue weighted by Crippen LogP contribution is 2.54. The zero-order valence-corrected chi connectivity index (χ0v) is 26.0. The van der Waals surface area contributed by atoms with Crippen LogP contribution >= 0.6 is 23.2 Å². The largest absolute Gasteiger partial charge is 0.476 e. The molecular formula is C23H14Cl2F20O7. The number of ether oxygens (including phenoxy) is 5. The van der Waals surface area contributed by atoms with Gasteiger partial charge in [-0.2, -0.15) is 87.8 Å². The molecule has 0 N–H and O–H groups in total. The fourth-order valence-corrected chi connectivity index (χ4v) is 3.38. The van der Waals surface area contributed by atoms with E-state index >= 15 is 0 Å². The first-order chi connectivity index (χ1) is 22.8. The van der Waals surface area contributed by atoms with Gasteiger partial charge in [0.2, 0.25) is 0 Å². The highest BCUT2D eigenvalue weighted by Gasteiger charge is 2.79. The van der Waals surface area contributed by atoms with Crippen molar-refractivity contribution in [1.29, 1.82) is 0 Å². The van der Waals surface area contributed by atoms with Crippen LogP contribution in [0.25, 0.3) is 0 Å². The Hall–Kier alpha value is -2.94. The number of halogens is 22. The van der Waals surface area contributed by atoms with Crippen LogP contribution in [0.1, 0.15) is 40.1 Å². The maximum absolute atomic E-state index is 14.9. The van der Waals surface area contributed by atoms with Gasteiger partial charge in [-0.05, 0) is 54.7 Å². The van der Waals surface area contributed by atoms with Crippen molar-refractivity contribution in [2.24, 2.45) is 0 Å². The number of rotatable bonds is 16. The van der Waals surface area contributed by atoms with Crippen molar-refractivity contribution in [3.63, 3.8) is 0 Å².